The highest BCUT2D eigenvalue weighted by Crippen LogP contribution is 2.29. The van der Waals surface area contributed by atoms with Crippen molar-refractivity contribution in [2.75, 3.05) is 19.8 Å². The average molecular weight is 303 g/mol. The molecule has 21 heavy (non-hydrogen) atoms. The molecule has 6 heteroatoms. The summed E-state index contributed by atoms with van der Waals surface area (Å²) in [7, 11) is 0. The number of halogens is 3. The van der Waals surface area contributed by atoms with Crippen molar-refractivity contribution in [3.63, 3.8) is 0 Å². The van der Waals surface area contributed by atoms with Crippen LogP contribution >= 0.6 is 0 Å². The Labute approximate surface area is 122 Å². The van der Waals surface area contributed by atoms with Crippen LogP contribution in [0.15, 0.2) is 24.3 Å². The molecule has 0 aromatic heterocycles. The molecule has 1 fully saturated rings. The minimum absolute atomic E-state index is 0.205. The van der Waals surface area contributed by atoms with E-state index in [1.54, 1.807) is 0 Å². The van der Waals surface area contributed by atoms with E-state index < -0.39 is 17.8 Å². The molecule has 3 unspecified atom stereocenters. The van der Waals surface area contributed by atoms with E-state index in [1.807, 2.05) is 6.92 Å². The van der Waals surface area contributed by atoms with E-state index in [4.69, 9.17) is 4.74 Å². The number of hydrogen-bond donors (Lipinski definition) is 2. The predicted octanol–water partition coefficient (Wildman–Crippen LogP) is 2.75. The number of aliphatic hydroxyl groups is 1. The maximum absolute atomic E-state index is 12.5. The zero-order valence-electron chi connectivity index (χ0n) is 11.9. The number of hydrogen-bond acceptors (Lipinski definition) is 3. The first kappa shape index (κ1) is 16.3. The van der Waals surface area contributed by atoms with Gasteiger partial charge in [0.05, 0.1) is 18.3 Å². The standard InChI is InChI=1S/C15H20F3NO2/c1-10(12-6-7-21-9-12)19-8-14(20)11-2-4-13(5-3-11)15(16,17)18/h2-5,10,12,14,19-20H,6-9H2,1H3. The molecule has 0 spiro atoms. The van der Waals surface area contributed by atoms with Gasteiger partial charge in [0.2, 0.25) is 0 Å². The molecule has 118 valence electrons. The van der Waals surface area contributed by atoms with Gasteiger partial charge in [-0.15, -0.1) is 0 Å². The molecule has 1 heterocycles. The Morgan fingerprint density at radius 3 is 2.52 bits per heavy atom. The lowest BCUT2D eigenvalue weighted by Gasteiger charge is -2.21. The predicted molar refractivity (Wildman–Crippen MR) is 72.8 cm³/mol. The van der Waals surface area contributed by atoms with Gasteiger partial charge in [-0.3, -0.25) is 0 Å². The summed E-state index contributed by atoms with van der Waals surface area (Å²) in [5, 5.41) is 13.2. The van der Waals surface area contributed by atoms with Gasteiger partial charge in [-0.2, -0.15) is 13.2 Å². The van der Waals surface area contributed by atoms with Crippen LogP contribution in [0.4, 0.5) is 13.2 Å². The van der Waals surface area contributed by atoms with Crippen molar-refractivity contribution in [3.8, 4) is 0 Å². The van der Waals surface area contributed by atoms with Crippen LogP contribution in [-0.4, -0.2) is 30.9 Å². The molecule has 1 aromatic carbocycles. The molecule has 2 rings (SSSR count). The Bertz CT molecular complexity index is 441. The van der Waals surface area contributed by atoms with Crippen molar-refractivity contribution >= 4 is 0 Å². The summed E-state index contributed by atoms with van der Waals surface area (Å²) < 4.78 is 42.7. The van der Waals surface area contributed by atoms with Crippen LogP contribution in [0.5, 0.6) is 0 Å². The highest BCUT2D eigenvalue weighted by molar-refractivity contribution is 5.26. The molecule has 3 atom stereocenters. The Kier molecular flexibility index (Phi) is 5.24. The fourth-order valence-corrected chi connectivity index (χ4v) is 2.42. The molecule has 0 saturated carbocycles. The van der Waals surface area contributed by atoms with E-state index >= 15 is 0 Å². The van der Waals surface area contributed by atoms with Gasteiger partial charge in [0.25, 0.3) is 0 Å². The lowest BCUT2D eigenvalue weighted by atomic mass is 10.00. The summed E-state index contributed by atoms with van der Waals surface area (Å²) in [6.07, 6.45) is -4.18. The first-order valence-corrected chi connectivity index (χ1v) is 7.04. The lowest BCUT2D eigenvalue weighted by molar-refractivity contribution is -0.137. The summed E-state index contributed by atoms with van der Waals surface area (Å²) in [5.74, 6) is 0.421. The average Bonchev–Trinajstić information content (AvgIpc) is 2.98. The zero-order valence-corrected chi connectivity index (χ0v) is 11.9. The fraction of sp³-hybridized carbons (Fsp3) is 0.600. The fourth-order valence-electron chi connectivity index (χ4n) is 2.42. The Morgan fingerprint density at radius 1 is 1.33 bits per heavy atom. The van der Waals surface area contributed by atoms with Gasteiger partial charge in [0, 0.05) is 19.2 Å². The monoisotopic (exact) mass is 303 g/mol. The number of nitrogens with one attached hydrogen (secondary N) is 1. The Balaban J connectivity index is 1.86. The third kappa shape index (κ3) is 4.43. The first-order chi connectivity index (χ1) is 9.88. The highest BCUT2D eigenvalue weighted by Gasteiger charge is 2.30. The molecular formula is C15H20F3NO2. The van der Waals surface area contributed by atoms with Crippen LogP contribution in [0, 0.1) is 5.92 Å². The van der Waals surface area contributed by atoms with E-state index in [0.717, 1.165) is 25.2 Å². The third-order valence-electron chi connectivity index (χ3n) is 3.93. The molecule has 0 aliphatic carbocycles. The van der Waals surface area contributed by atoms with Crippen LogP contribution in [0.3, 0.4) is 0 Å². The minimum Gasteiger partial charge on any atom is -0.387 e. The van der Waals surface area contributed by atoms with Gasteiger partial charge in [-0.25, -0.2) is 0 Å². The molecular weight excluding hydrogens is 283 g/mol. The van der Waals surface area contributed by atoms with Gasteiger partial charge in [-0.1, -0.05) is 12.1 Å². The summed E-state index contributed by atoms with van der Waals surface area (Å²) in [4.78, 5) is 0. The number of alkyl halides is 3. The van der Waals surface area contributed by atoms with E-state index in [1.165, 1.54) is 12.1 Å². The third-order valence-corrected chi connectivity index (χ3v) is 3.93. The Morgan fingerprint density at radius 2 is 2.00 bits per heavy atom. The molecule has 0 bridgehead atoms. The number of ether oxygens (including phenoxy) is 1. The van der Waals surface area contributed by atoms with Gasteiger partial charge < -0.3 is 15.2 Å². The second kappa shape index (κ2) is 6.77. The van der Waals surface area contributed by atoms with Crippen LogP contribution in [-0.2, 0) is 10.9 Å². The van der Waals surface area contributed by atoms with Crippen molar-refractivity contribution in [1.82, 2.24) is 5.32 Å². The SMILES string of the molecule is CC(NCC(O)c1ccc(C(F)(F)F)cc1)C1CCOC1. The second-order valence-corrected chi connectivity index (χ2v) is 5.46. The topological polar surface area (TPSA) is 41.5 Å². The van der Waals surface area contributed by atoms with Crippen molar-refractivity contribution in [2.45, 2.75) is 31.7 Å². The van der Waals surface area contributed by atoms with Crippen LogP contribution in [0.2, 0.25) is 0 Å². The van der Waals surface area contributed by atoms with Crippen LogP contribution in [0.25, 0.3) is 0 Å². The summed E-state index contributed by atoms with van der Waals surface area (Å²) in [6, 6.07) is 4.83. The van der Waals surface area contributed by atoms with Gasteiger partial charge in [0.15, 0.2) is 0 Å². The molecule has 1 saturated heterocycles. The van der Waals surface area contributed by atoms with E-state index in [-0.39, 0.29) is 6.04 Å². The summed E-state index contributed by atoms with van der Waals surface area (Å²) in [5.41, 5.74) is -0.228. The quantitative estimate of drug-likeness (QED) is 0.879. The molecule has 0 radical (unpaired) electrons. The lowest BCUT2D eigenvalue weighted by Crippen LogP contribution is -2.36. The molecule has 1 aliphatic rings. The van der Waals surface area contributed by atoms with E-state index in [9.17, 15) is 18.3 Å². The molecule has 2 N–H and O–H groups in total. The zero-order chi connectivity index (χ0) is 15.5. The minimum atomic E-state index is -4.35. The molecule has 0 amide bonds. The normalized spacial score (nSPS) is 22.2. The molecule has 1 aromatic rings. The van der Waals surface area contributed by atoms with Crippen LogP contribution in [0.1, 0.15) is 30.6 Å². The largest absolute Gasteiger partial charge is 0.416 e. The highest BCUT2D eigenvalue weighted by atomic mass is 19.4. The Hall–Kier alpha value is -1.11. The first-order valence-electron chi connectivity index (χ1n) is 7.04. The van der Waals surface area contributed by atoms with Crippen molar-refractivity contribution in [3.05, 3.63) is 35.4 Å². The number of rotatable bonds is 5. The van der Waals surface area contributed by atoms with Crippen molar-refractivity contribution < 1.29 is 23.0 Å². The molecule has 1 aliphatic heterocycles. The maximum atomic E-state index is 12.5. The van der Waals surface area contributed by atoms with Crippen molar-refractivity contribution in [2.24, 2.45) is 5.92 Å². The number of aliphatic hydroxyl groups excluding tert-OH is 1. The molecule has 3 nitrogen and oxygen atoms in total. The summed E-state index contributed by atoms with van der Waals surface area (Å²) >= 11 is 0. The summed E-state index contributed by atoms with van der Waals surface area (Å²) in [6.45, 7) is 3.81. The van der Waals surface area contributed by atoms with Crippen molar-refractivity contribution in [1.29, 1.82) is 0 Å². The second-order valence-electron chi connectivity index (χ2n) is 5.46. The van der Waals surface area contributed by atoms with Crippen LogP contribution < -0.4 is 5.32 Å². The smallest absolute Gasteiger partial charge is 0.387 e. The van der Waals surface area contributed by atoms with E-state index in [2.05, 4.69) is 5.32 Å². The van der Waals surface area contributed by atoms with E-state index in [0.29, 0.717) is 24.6 Å². The van der Waals surface area contributed by atoms with Gasteiger partial charge in [0.1, 0.15) is 0 Å². The number of benzene rings is 1. The van der Waals surface area contributed by atoms with Gasteiger partial charge in [-0.05, 0) is 37.0 Å². The van der Waals surface area contributed by atoms with Gasteiger partial charge >= 0.3 is 6.18 Å². The maximum Gasteiger partial charge on any atom is 0.416 e.